The summed E-state index contributed by atoms with van der Waals surface area (Å²) in [6.45, 7) is 3.30. The molecule has 1 aliphatic rings. The molecule has 0 aromatic carbocycles. The molecule has 28 heavy (non-hydrogen) atoms. The second kappa shape index (κ2) is 7.82. The third-order valence-electron chi connectivity index (χ3n) is 4.82. The van der Waals surface area contributed by atoms with E-state index in [-0.39, 0.29) is 17.4 Å². The highest BCUT2D eigenvalue weighted by molar-refractivity contribution is 7.90. The van der Waals surface area contributed by atoms with Gasteiger partial charge >= 0.3 is 23.3 Å². The minimum atomic E-state index is -7.24. The molecule has 1 fully saturated rings. The molecule has 0 aliphatic carbocycles. The average molecular weight is 453 g/mol. The summed E-state index contributed by atoms with van der Waals surface area (Å²) in [4.78, 5) is 0. The van der Waals surface area contributed by atoms with E-state index in [4.69, 9.17) is 0 Å². The molecule has 0 amide bonds. The Morgan fingerprint density at radius 3 is 1.50 bits per heavy atom. The SMILES string of the molecule is CCC[N+]1(CCC)CCN(S(=O)(=O)C(F)(F)C(F)(F)C(F)(F)C(F)(F)F)CC1. The van der Waals surface area contributed by atoms with Crippen LogP contribution in [0.3, 0.4) is 0 Å². The number of rotatable bonds is 8. The lowest BCUT2D eigenvalue weighted by molar-refractivity contribution is -0.931. The Kier molecular flexibility index (Phi) is 7.06. The molecular weight excluding hydrogens is 431 g/mol. The van der Waals surface area contributed by atoms with E-state index in [1.165, 1.54) is 0 Å². The highest BCUT2D eigenvalue weighted by atomic mass is 32.2. The van der Waals surface area contributed by atoms with Crippen molar-refractivity contribution in [2.75, 3.05) is 39.3 Å². The zero-order chi connectivity index (χ0) is 22.2. The molecule has 0 unspecified atom stereocenters. The van der Waals surface area contributed by atoms with Gasteiger partial charge in [-0.2, -0.15) is 43.8 Å². The monoisotopic (exact) mass is 453 g/mol. The molecule has 0 radical (unpaired) electrons. The topological polar surface area (TPSA) is 37.4 Å². The van der Waals surface area contributed by atoms with Crippen molar-refractivity contribution in [1.82, 2.24) is 4.31 Å². The van der Waals surface area contributed by atoms with Crippen LogP contribution in [0.15, 0.2) is 0 Å². The molecule has 0 aromatic rings. The first-order valence-corrected chi connectivity index (χ1v) is 9.92. The van der Waals surface area contributed by atoms with Crippen molar-refractivity contribution in [2.45, 2.75) is 50.0 Å². The van der Waals surface area contributed by atoms with E-state index >= 15 is 0 Å². The summed E-state index contributed by atoms with van der Waals surface area (Å²) in [6, 6.07) is 0. The molecule has 4 nitrogen and oxygen atoms in total. The van der Waals surface area contributed by atoms with Crippen molar-refractivity contribution in [3.63, 3.8) is 0 Å². The molecule has 0 atom stereocenters. The third kappa shape index (κ3) is 3.95. The molecule has 14 heteroatoms. The molecule has 1 rings (SSSR count). The van der Waals surface area contributed by atoms with Gasteiger partial charge < -0.3 is 4.48 Å². The number of piperazine rings is 1. The van der Waals surface area contributed by atoms with Crippen molar-refractivity contribution in [3.8, 4) is 0 Å². The van der Waals surface area contributed by atoms with E-state index in [9.17, 15) is 47.9 Å². The van der Waals surface area contributed by atoms with Crippen LogP contribution in [0.25, 0.3) is 0 Å². The molecule has 1 saturated heterocycles. The van der Waals surface area contributed by atoms with Crippen LogP contribution in [0.1, 0.15) is 26.7 Å². The van der Waals surface area contributed by atoms with E-state index in [1.54, 1.807) is 0 Å². The van der Waals surface area contributed by atoms with E-state index in [2.05, 4.69) is 0 Å². The predicted octanol–water partition coefficient (Wildman–Crippen LogP) is 3.69. The number of quaternary nitrogens is 1. The van der Waals surface area contributed by atoms with Gasteiger partial charge in [-0.25, -0.2) is 8.42 Å². The minimum absolute atomic E-state index is 0.0434. The fourth-order valence-corrected chi connectivity index (χ4v) is 4.72. The summed E-state index contributed by atoms with van der Waals surface area (Å²) < 4.78 is 141. The van der Waals surface area contributed by atoms with Crippen LogP contribution < -0.4 is 0 Å². The predicted molar refractivity (Wildman–Crippen MR) is 81.7 cm³/mol. The summed E-state index contributed by atoms with van der Waals surface area (Å²) in [5.74, 6) is -14.4. The summed E-state index contributed by atoms with van der Waals surface area (Å²) in [5.41, 5.74) is 0. The Morgan fingerprint density at radius 1 is 0.786 bits per heavy atom. The van der Waals surface area contributed by atoms with Gasteiger partial charge in [0.05, 0.1) is 39.3 Å². The standard InChI is InChI=1S/C14H22F9N2O2S/c1-3-7-25(8-4-2)9-5-24(6-10-25)28(26,27)14(22,23)12(17,18)11(15,16)13(19,20)21/h3-10H2,1-2H3/q+1. The maximum atomic E-state index is 13.9. The zero-order valence-electron chi connectivity index (χ0n) is 15.2. The van der Waals surface area contributed by atoms with E-state index in [1.807, 2.05) is 13.8 Å². The van der Waals surface area contributed by atoms with Gasteiger partial charge in [-0.05, 0) is 12.8 Å². The van der Waals surface area contributed by atoms with Gasteiger partial charge in [0.25, 0.3) is 10.0 Å². The maximum Gasteiger partial charge on any atom is 0.460 e. The molecule has 0 spiro atoms. The van der Waals surface area contributed by atoms with Gasteiger partial charge in [0.2, 0.25) is 0 Å². The fraction of sp³-hybridized carbons (Fsp3) is 1.00. The van der Waals surface area contributed by atoms with Gasteiger partial charge in [-0.15, -0.1) is 0 Å². The van der Waals surface area contributed by atoms with Crippen LogP contribution in [0, 0.1) is 0 Å². The number of hydrogen-bond donors (Lipinski definition) is 0. The van der Waals surface area contributed by atoms with Crippen molar-refractivity contribution in [1.29, 1.82) is 0 Å². The van der Waals surface area contributed by atoms with Gasteiger partial charge in [-0.1, -0.05) is 13.8 Å². The van der Waals surface area contributed by atoms with E-state index < -0.39 is 46.4 Å². The second-order valence-corrected chi connectivity index (χ2v) is 8.78. The van der Waals surface area contributed by atoms with Crippen molar-refractivity contribution < 1.29 is 52.4 Å². The Hall–Kier alpha value is -0.760. The quantitative estimate of drug-likeness (QED) is 0.415. The van der Waals surface area contributed by atoms with Crippen LogP contribution >= 0.6 is 0 Å². The Morgan fingerprint density at radius 2 is 1.18 bits per heavy atom. The minimum Gasteiger partial charge on any atom is -0.321 e. The van der Waals surface area contributed by atoms with Crippen LogP contribution in [0.4, 0.5) is 39.5 Å². The zero-order valence-corrected chi connectivity index (χ0v) is 16.0. The number of nitrogens with zero attached hydrogens (tertiary/aromatic N) is 2. The number of halogens is 9. The normalized spacial score (nSPS) is 20.4. The molecule has 168 valence electrons. The van der Waals surface area contributed by atoms with Crippen LogP contribution in [0.5, 0.6) is 0 Å². The lowest BCUT2D eigenvalue weighted by Gasteiger charge is -2.45. The molecule has 1 aliphatic heterocycles. The fourth-order valence-electron chi connectivity index (χ4n) is 3.30. The molecular formula is C14H22F9N2O2S+. The average Bonchev–Trinajstić information content (AvgIpc) is 2.54. The van der Waals surface area contributed by atoms with Gasteiger partial charge in [0.1, 0.15) is 0 Å². The highest BCUT2D eigenvalue weighted by Crippen LogP contribution is 2.55. The molecule has 0 N–H and O–H groups in total. The van der Waals surface area contributed by atoms with Gasteiger partial charge in [0, 0.05) is 0 Å². The largest absolute Gasteiger partial charge is 0.460 e. The maximum absolute atomic E-state index is 13.9. The van der Waals surface area contributed by atoms with E-state index in [0.717, 1.165) is 0 Å². The number of hydrogen-bond acceptors (Lipinski definition) is 2. The smallest absolute Gasteiger partial charge is 0.321 e. The Balaban J connectivity index is 3.19. The number of alkyl halides is 9. The Labute approximate surface area is 156 Å². The second-order valence-electron chi connectivity index (χ2n) is 6.80. The van der Waals surface area contributed by atoms with E-state index in [0.29, 0.717) is 30.4 Å². The van der Waals surface area contributed by atoms with Crippen molar-refractivity contribution >= 4 is 10.0 Å². The van der Waals surface area contributed by atoms with Crippen molar-refractivity contribution in [2.24, 2.45) is 0 Å². The first-order valence-electron chi connectivity index (χ1n) is 8.48. The van der Waals surface area contributed by atoms with Crippen LogP contribution in [-0.2, 0) is 10.0 Å². The summed E-state index contributed by atoms with van der Waals surface area (Å²) in [5, 5.41) is -6.65. The lowest BCUT2D eigenvalue weighted by Crippen LogP contribution is -2.68. The molecule has 1 heterocycles. The van der Waals surface area contributed by atoms with Gasteiger partial charge in [0.15, 0.2) is 0 Å². The van der Waals surface area contributed by atoms with Gasteiger partial charge in [-0.3, -0.25) is 0 Å². The van der Waals surface area contributed by atoms with Crippen molar-refractivity contribution in [3.05, 3.63) is 0 Å². The lowest BCUT2D eigenvalue weighted by atomic mass is 10.1. The first-order chi connectivity index (χ1) is 12.4. The van der Waals surface area contributed by atoms with Crippen LogP contribution in [0.2, 0.25) is 0 Å². The molecule has 0 aromatic heterocycles. The molecule has 0 bridgehead atoms. The summed E-state index contributed by atoms with van der Waals surface area (Å²) >= 11 is 0. The third-order valence-corrected chi connectivity index (χ3v) is 6.77. The van der Waals surface area contributed by atoms with Crippen LogP contribution in [-0.4, -0.2) is 79.8 Å². The molecule has 0 saturated carbocycles. The Bertz CT molecular complexity index is 634. The first kappa shape index (κ1) is 25.3. The summed E-state index contributed by atoms with van der Waals surface area (Å²) in [6.07, 6.45) is -5.73. The summed E-state index contributed by atoms with van der Waals surface area (Å²) in [7, 11) is -6.48. The number of sulfonamides is 1. The highest BCUT2D eigenvalue weighted by Gasteiger charge is 2.85.